The number of ether oxygens (including phenoxy) is 1. The fourth-order valence-electron chi connectivity index (χ4n) is 1.38. The molecule has 0 saturated heterocycles. The van der Waals surface area contributed by atoms with E-state index >= 15 is 0 Å². The minimum Gasteiger partial charge on any atom is -0.484 e. The number of amides is 2. The van der Waals surface area contributed by atoms with E-state index in [2.05, 4.69) is 5.32 Å². The number of primary amides is 1. The number of nitrogens with two attached hydrogens (primary N) is 1. The SMILES string of the molecule is CC(O)CCC(=O)Nc1cccc(OCC(N)=O)c1. The van der Waals surface area contributed by atoms with Gasteiger partial charge in [-0.05, 0) is 25.5 Å². The summed E-state index contributed by atoms with van der Waals surface area (Å²) in [5, 5.41) is 11.8. The number of carbonyl (C=O) groups excluding carboxylic acids is 2. The Morgan fingerprint density at radius 1 is 1.47 bits per heavy atom. The molecule has 4 N–H and O–H groups in total. The highest BCUT2D eigenvalue weighted by atomic mass is 16.5. The fourth-order valence-corrected chi connectivity index (χ4v) is 1.38. The maximum absolute atomic E-state index is 11.6. The van der Waals surface area contributed by atoms with Gasteiger partial charge in [0.2, 0.25) is 5.91 Å². The molecule has 0 aliphatic heterocycles. The van der Waals surface area contributed by atoms with Gasteiger partial charge in [-0.3, -0.25) is 9.59 Å². The molecule has 0 bridgehead atoms. The lowest BCUT2D eigenvalue weighted by molar-refractivity contribution is -0.120. The molecule has 0 fully saturated rings. The third kappa shape index (κ3) is 6.42. The highest BCUT2D eigenvalue weighted by molar-refractivity contribution is 5.90. The Kier molecular flexibility index (Phi) is 5.81. The summed E-state index contributed by atoms with van der Waals surface area (Å²) in [6.45, 7) is 1.42. The molecule has 0 aliphatic rings. The lowest BCUT2D eigenvalue weighted by Crippen LogP contribution is -2.20. The summed E-state index contributed by atoms with van der Waals surface area (Å²) >= 11 is 0. The Bertz CT molecular complexity index is 446. The Hall–Kier alpha value is -2.08. The molecule has 2 amide bonds. The lowest BCUT2D eigenvalue weighted by Gasteiger charge is -2.08. The van der Waals surface area contributed by atoms with Gasteiger partial charge >= 0.3 is 0 Å². The van der Waals surface area contributed by atoms with Gasteiger partial charge < -0.3 is 20.9 Å². The van der Waals surface area contributed by atoms with Gasteiger partial charge in [-0.2, -0.15) is 0 Å². The Morgan fingerprint density at radius 3 is 2.84 bits per heavy atom. The molecule has 19 heavy (non-hydrogen) atoms. The number of aliphatic hydroxyl groups excluding tert-OH is 1. The molecule has 6 nitrogen and oxygen atoms in total. The largest absolute Gasteiger partial charge is 0.484 e. The van der Waals surface area contributed by atoms with Crippen molar-refractivity contribution in [1.82, 2.24) is 0 Å². The Morgan fingerprint density at radius 2 is 2.21 bits per heavy atom. The van der Waals surface area contributed by atoms with Crippen molar-refractivity contribution in [3.05, 3.63) is 24.3 Å². The van der Waals surface area contributed by atoms with Crippen LogP contribution in [0, 0.1) is 0 Å². The second-order valence-electron chi connectivity index (χ2n) is 4.22. The molecule has 104 valence electrons. The number of hydrogen-bond acceptors (Lipinski definition) is 4. The Balaban J connectivity index is 2.51. The van der Waals surface area contributed by atoms with E-state index in [1.807, 2.05) is 0 Å². The van der Waals surface area contributed by atoms with Crippen LogP contribution < -0.4 is 15.8 Å². The molecule has 1 atom stereocenters. The van der Waals surface area contributed by atoms with Crippen molar-refractivity contribution in [2.45, 2.75) is 25.9 Å². The standard InChI is InChI=1S/C13H18N2O4/c1-9(16)5-6-13(18)15-10-3-2-4-11(7-10)19-8-12(14)17/h2-4,7,9,16H,5-6,8H2,1H3,(H2,14,17)(H,15,18). The highest BCUT2D eigenvalue weighted by Gasteiger charge is 2.06. The first-order valence-electron chi connectivity index (χ1n) is 5.96. The first-order chi connectivity index (χ1) is 8.97. The van der Waals surface area contributed by atoms with Gasteiger partial charge in [0.05, 0.1) is 6.10 Å². The molecule has 0 radical (unpaired) electrons. The summed E-state index contributed by atoms with van der Waals surface area (Å²) in [7, 11) is 0. The maximum Gasteiger partial charge on any atom is 0.255 e. The van der Waals surface area contributed by atoms with Crippen LogP contribution in [-0.4, -0.2) is 29.6 Å². The molecule has 1 unspecified atom stereocenters. The van der Waals surface area contributed by atoms with Crippen LogP contribution in [0.15, 0.2) is 24.3 Å². The predicted octanol–water partition coefficient (Wildman–Crippen LogP) is 0.650. The van der Waals surface area contributed by atoms with E-state index in [1.165, 1.54) is 0 Å². The van der Waals surface area contributed by atoms with Crippen LogP contribution in [0.5, 0.6) is 5.75 Å². The molecule has 1 aromatic carbocycles. The monoisotopic (exact) mass is 266 g/mol. The second-order valence-corrected chi connectivity index (χ2v) is 4.22. The van der Waals surface area contributed by atoms with Crippen molar-refractivity contribution in [1.29, 1.82) is 0 Å². The van der Waals surface area contributed by atoms with Gasteiger partial charge in [0.1, 0.15) is 5.75 Å². The zero-order chi connectivity index (χ0) is 14.3. The van der Waals surface area contributed by atoms with Crippen molar-refractivity contribution in [3.63, 3.8) is 0 Å². The molecule has 0 aliphatic carbocycles. The smallest absolute Gasteiger partial charge is 0.255 e. The summed E-state index contributed by atoms with van der Waals surface area (Å²) in [5.74, 6) is -0.300. The van der Waals surface area contributed by atoms with Crippen LogP contribution in [0.3, 0.4) is 0 Å². The highest BCUT2D eigenvalue weighted by Crippen LogP contribution is 2.17. The van der Waals surface area contributed by atoms with E-state index in [0.29, 0.717) is 17.9 Å². The second kappa shape index (κ2) is 7.38. The van der Waals surface area contributed by atoms with E-state index < -0.39 is 12.0 Å². The lowest BCUT2D eigenvalue weighted by atomic mass is 10.2. The van der Waals surface area contributed by atoms with Crippen molar-refractivity contribution >= 4 is 17.5 Å². The minimum atomic E-state index is -0.564. The van der Waals surface area contributed by atoms with Crippen LogP contribution in [0.1, 0.15) is 19.8 Å². The van der Waals surface area contributed by atoms with Gasteiger partial charge in [-0.15, -0.1) is 0 Å². The number of carbonyl (C=O) groups is 2. The summed E-state index contributed by atoms with van der Waals surface area (Å²) < 4.78 is 5.12. The van der Waals surface area contributed by atoms with Crippen molar-refractivity contribution < 1.29 is 19.4 Å². The third-order valence-electron chi connectivity index (χ3n) is 2.29. The van der Waals surface area contributed by atoms with Gasteiger partial charge in [-0.25, -0.2) is 0 Å². The van der Waals surface area contributed by atoms with Gasteiger partial charge in [0.25, 0.3) is 5.91 Å². The van der Waals surface area contributed by atoms with Crippen LogP contribution in [0.25, 0.3) is 0 Å². The van der Waals surface area contributed by atoms with Crippen LogP contribution in [0.2, 0.25) is 0 Å². The number of aliphatic hydroxyl groups is 1. The molecule has 1 aromatic rings. The average molecular weight is 266 g/mol. The zero-order valence-electron chi connectivity index (χ0n) is 10.8. The first-order valence-corrected chi connectivity index (χ1v) is 5.96. The molecular weight excluding hydrogens is 248 g/mol. The predicted molar refractivity (Wildman–Crippen MR) is 70.7 cm³/mol. The van der Waals surface area contributed by atoms with E-state index in [0.717, 1.165) is 0 Å². The van der Waals surface area contributed by atoms with Gasteiger partial charge in [0.15, 0.2) is 6.61 Å². The van der Waals surface area contributed by atoms with Crippen molar-refractivity contribution in [2.24, 2.45) is 5.73 Å². The van der Waals surface area contributed by atoms with Gasteiger partial charge in [0, 0.05) is 18.2 Å². The average Bonchev–Trinajstić information content (AvgIpc) is 2.34. The molecule has 0 heterocycles. The summed E-state index contributed by atoms with van der Waals surface area (Å²) in [5.41, 5.74) is 5.54. The quantitative estimate of drug-likeness (QED) is 0.674. The maximum atomic E-state index is 11.6. The molecule has 0 aromatic heterocycles. The van der Waals surface area contributed by atoms with E-state index in [9.17, 15) is 9.59 Å². The molecular formula is C13H18N2O4. The molecule has 0 saturated carbocycles. The zero-order valence-corrected chi connectivity index (χ0v) is 10.8. The van der Waals surface area contributed by atoms with Crippen LogP contribution in [0.4, 0.5) is 5.69 Å². The normalized spacial score (nSPS) is 11.7. The number of anilines is 1. The summed E-state index contributed by atoms with van der Waals surface area (Å²) in [6, 6.07) is 6.66. The van der Waals surface area contributed by atoms with E-state index in [4.69, 9.17) is 15.6 Å². The third-order valence-corrected chi connectivity index (χ3v) is 2.29. The topological polar surface area (TPSA) is 102 Å². The van der Waals surface area contributed by atoms with E-state index in [1.54, 1.807) is 31.2 Å². The van der Waals surface area contributed by atoms with Crippen molar-refractivity contribution in [2.75, 3.05) is 11.9 Å². The minimum absolute atomic E-state index is 0.187. The summed E-state index contributed by atoms with van der Waals surface area (Å²) in [4.78, 5) is 22.1. The Labute approximate surface area is 111 Å². The molecule has 0 spiro atoms. The van der Waals surface area contributed by atoms with Gasteiger partial charge in [-0.1, -0.05) is 6.07 Å². The number of benzene rings is 1. The first kappa shape index (κ1) is 15.0. The molecule has 6 heteroatoms. The molecule has 1 rings (SSSR count). The summed E-state index contributed by atoms with van der Waals surface area (Å²) in [6.07, 6.45) is 0.143. The number of nitrogens with one attached hydrogen (secondary N) is 1. The fraction of sp³-hybridized carbons (Fsp3) is 0.385. The van der Waals surface area contributed by atoms with E-state index in [-0.39, 0.29) is 18.9 Å². The van der Waals surface area contributed by atoms with Crippen LogP contribution in [-0.2, 0) is 9.59 Å². The number of rotatable bonds is 7. The van der Waals surface area contributed by atoms with Crippen LogP contribution >= 0.6 is 0 Å². The number of hydrogen-bond donors (Lipinski definition) is 3. The van der Waals surface area contributed by atoms with Crippen molar-refractivity contribution in [3.8, 4) is 5.75 Å².